The lowest BCUT2D eigenvalue weighted by molar-refractivity contribution is -0.189. The topological polar surface area (TPSA) is 43.4 Å². The van der Waals surface area contributed by atoms with Crippen LogP contribution in [0.1, 0.15) is 60.9 Å². The number of halogens is 1. The predicted molar refractivity (Wildman–Crippen MR) is 89.5 cm³/mol. The van der Waals surface area contributed by atoms with Crippen LogP contribution in [0.3, 0.4) is 0 Å². The number of Topliss-reactive ketones (excluding diaryl/α,β-unsaturated/α-hetero) is 1. The summed E-state index contributed by atoms with van der Waals surface area (Å²) in [6.45, 7) is 0. The van der Waals surface area contributed by atoms with Crippen molar-refractivity contribution in [3.8, 4) is 0 Å². The van der Waals surface area contributed by atoms with E-state index in [-0.39, 0.29) is 17.4 Å². The van der Waals surface area contributed by atoms with E-state index in [4.69, 9.17) is 4.74 Å². The molecule has 0 radical (unpaired) electrons. The molecule has 25 heavy (non-hydrogen) atoms. The summed E-state index contributed by atoms with van der Waals surface area (Å²) in [5.74, 6) is 0.240. The van der Waals surface area contributed by atoms with Crippen molar-refractivity contribution < 1.29 is 18.7 Å². The van der Waals surface area contributed by atoms with Gasteiger partial charge in [0.2, 0.25) is 0 Å². The van der Waals surface area contributed by atoms with Gasteiger partial charge in [0.05, 0.1) is 0 Å². The highest BCUT2D eigenvalue weighted by Crippen LogP contribution is 2.57. The molecule has 0 spiro atoms. The molecular weight excluding hydrogens is 319 g/mol. The molecule has 0 aliphatic heterocycles. The second-order valence-electron chi connectivity index (χ2n) is 8.78. The third kappa shape index (κ3) is 2.52. The number of rotatable bonds is 2. The van der Waals surface area contributed by atoms with Gasteiger partial charge in [-0.1, -0.05) is 6.07 Å². The van der Waals surface area contributed by atoms with E-state index >= 15 is 0 Å². The number of aryl methyl sites for hydroxylation is 1. The number of benzene rings is 1. The number of ether oxygens (including phenoxy) is 1. The van der Waals surface area contributed by atoms with Gasteiger partial charge >= 0.3 is 5.97 Å². The molecule has 0 amide bonds. The van der Waals surface area contributed by atoms with Crippen LogP contribution < -0.4 is 0 Å². The summed E-state index contributed by atoms with van der Waals surface area (Å²) in [6, 6.07) is 4.30. The molecule has 0 heterocycles. The SMILES string of the molecule is O=C(OC12CC3CC(CC(C3)C1)C2)C1CCc2ccc(F)cc2C1=O. The highest BCUT2D eigenvalue weighted by molar-refractivity contribution is 6.10. The fourth-order valence-corrected chi connectivity index (χ4v) is 6.28. The van der Waals surface area contributed by atoms with Crippen molar-refractivity contribution in [3.63, 3.8) is 0 Å². The smallest absolute Gasteiger partial charge is 0.317 e. The van der Waals surface area contributed by atoms with Gasteiger partial charge in [0.25, 0.3) is 0 Å². The molecule has 1 unspecified atom stereocenters. The lowest BCUT2D eigenvalue weighted by atomic mass is 9.54. The molecule has 0 aromatic heterocycles. The van der Waals surface area contributed by atoms with E-state index in [2.05, 4.69) is 0 Å². The molecule has 5 aliphatic rings. The Morgan fingerprint density at radius 2 is 1.72 bits per heavy atom. The molecule has 4 saturated carbocycles. The Balaban J connectivity index is 1.36. The maximum Gasteiger partial charge on any atom is 0.317 e. The van der Waals surface area contributed by atoms with Crippen LogP contribution in [0.5, 0.6) is 0 Å². The van der Waals surface area contributed by atoms with Gasteiger partial charge in [-0.3, -0.25) is 9.59 Å². The van der Waals surface area contributed by atoms with E-state index in [0.717, 1.165) is 24.8 Å². The van der Waals surface area contributed by atoms with Gasteiger partial charge in [-0.2, -0.15) is 0 Å². The average molecular weight is 342 g/mol. The first-order chi connectivity index (χ1) is 12.0. The van der Waals surface area contributed by atoms with Crippen molar-refractivity contribution in [1.82, 2.24) is 0 Å². The number of carbonyl (C=O) groups is 2. The van der Waals surface area contributed by atoms with Gasteiger partial charge in [-0.25, -0.2) is 4.39 Å². The van der Waals surface area contributed by atoms with Crippen molar-refractivity contribution in [2.24, 2.45) is 23.7 Å². The Morgan fingerprint density at radius 1 is 1.08 bits per heavy atom. The third-order valence-corrected chi connectivity index (χ3v) is 6.94. The number of fused-ring (bicyclic) bond motifs is 1. The Morgan fingerprint density at radius 3 is 2.36 bits per heavy atom. The van der Waals surface area contributed by atoms with Crippen molar-refractivity contribution in [2.75, 3.05) is 0 Å². The molecular formula is C21H23FO3. The van der Waals surface area contributed by atoms with Gasteiger partial charge < -0.3 is 4.74 Å². The lowest BCUT2D eigenvalue weighted by Gasteiger charge is -2.55. The normalized spacial score (nSPS) is 38.5. The first kappa shape index (κ1) is 15.5. The van der Waals surface area contributed by atoms with Crippen LogP contribution in [0, 0.1) is 29.5 Å². The number of ketones is 1. The zero-order valence-electron chi connectivity index (χ0n) is 14.3. The molecule has 0 N–H and O–H groups in total. The van der Waals surface area contributed by atoms with Gasteiger partial charge in [-0.05, 0) is 86.8 Å². The van der Waals surface area contributed by atoms with Crippen LogP contribution in [-0.2, 0) is 16.0 Å². The second kappa shape index (κ2) is 5.39. The fourth-order valence-electron chi connectivity index (χ4n) is 6.28. The third-order valence-electron chi connectivity index (χ3n) is 6.94. The second-order valence-corrected chi connectivity index (χ2v) is 8.78. The van der Waals surface area contributed by atoms with Crippen molar-refractivity contribution >= 4 is 11.8 Å². The summed E-state index contributed by atoms with van der Waals surface area (Å²) in [7, 11) is 0. The van der Waals surface area contributed by atoms with Crippen LogP contribution in [0.4, 0.5) is 4.39 Å². The molecule has 1 aromatic rings. The van der Waals surface area contributed by atoms with E-state index in [1.165, 1.54) is 31.4 Å². The van der Waals surface area contributed by atoms with Crippen LogP contribution in [-0.4, -0.2) is 17.4 Å². The van der Waals surface area contributed by atoms with Crippen molar-refractivity contribution in [1.29, 1.82) is 0 Å². The largest absolute Gasteiger partial charge is 0.458 e. The van der Waals surface area contributed by atoms with E-state index in [0.29, 0.717) is 36.2 Å². The Bertz CT molecular complexity index is 718. The standard InChI is InChI=1S/C21H23FO3/c22-16-3-1-15-2-4-17(19(23)18(15)8-16)20(24)25-21-9-12-5-13(10-21)7-14(6-12)11-21/h1,3,8,12-14,17H,2,4-7,9-11H2. The molecule has 0 saturated heterocycles. The van der Waals surface area contributed by atoms with Gasteiger partial charge in [0, 0.05) is 5.56 Å². The van der Waals surface area contributed by atoms with Gasteiger partial charge in [0.1, 0.15) is 17.3 Å². The fraction of sp³-hybridized carbons (Fsp3) is 0.619. The van der Waals surface area contributed by atoms with Crippen LogP contribution in [0.25, 0.3) is 0 Å². The van der Waals surface area contributed by atoms with Crippen molar-refractivity contribution in [3.05, 3.63) is 35.1 Å². The molecule has 6 rings (SSSR count). The maximum atomic E-state index is 13.5. The zero-order valence-corrected chi connectivity index (χ0v) is 14.3. The Labute approximate surface area is 146 Å². The predicted octanol–water partition coefficient (Wildman–Crippen LogP) is 4.08. The molecule has 4 heteroatoms. The Kier molecular flexibility index (Phi) is 3.35. The van der Waals surface area contributed by atoms with Gasteiger partial charge in [0.15, 0.2) is 5.78 Å². The summed E-state index contributed by atoms with van der Waals surface area (Å²) in [5, 5.41) is 0. The van der Waals surface area contributed by atoms with E-state index in [9.17, 15) is 14.0 Å². The van der Waals surface area contributed by atoms with E-state index < -0.39 is 11.7 Å². The van der Waals surface area contributed by atoms with E-state index in [1.54, 1.807) is 6.07 Å². The van der Waals surface area contributed by atoms with Gasteiger partial charge in [-0.15, -0.1) is 0 Å². The molecule has 1 aromatic carbocycles. The van der Waals surface area contributed by atoms with Crippen LogP contribution in [0.15, 0.2) is 18.2 Å². The summed E-state index contributed by atoms with van der Waals surface area (Å²) >= 11 is 0. The zero-order chi connectivity index (χ0) is 17.2. The minimum atomic E-state index is -0.762. The summed E-state index contributed by atoms with van der Waals surface area (Å²) < 4.78 is 19.6. The van der Waals surface area contributed by atoms with Crippen molar-refractivity contribution in [2.45, 2.75) is 57.0 Å². The number of hydrogen-bond donors (Lipinski definition) is 0. The number of carbonyl (C=O) groups excluding carboxylic acids is 2. The minimum absolute atomic E-state index is 0.268. The summed E-state index contributed by atoms with van der Waals surface area (Å²) in [5.41, 5.74) is 0.873. The average Bonchev–Trinajstić information content (AvgIpc) is 2.54. The first-order valence-electron chi connectivity index (χ1n) is 9.57. The summed E-state index contributed by atoms with van der Waals surface area (Å²) in [4.78, 5) is 25.6. The molecule has 3 nitrogen and oxygen atoms in total. The maximum absolute atomic E-state index is 13.5. The number of esters is 1. The highest BCUT2D eigenvalue weighted by atomic mass is 19.1. The lowest BCUT2D eigenvalue weighted by Crippen LogP contribution is -2.53. The van der Waals surface area contributed by atoms with E-state index in [1.807, 2.05) is 0 Å². The first-order valence-corrected chi connectivity index (χ1v) is 9.57. The monoisotopic (exact) mass is 342 g/mol. The molecule has 4 fully saturated rings. The highest BCUT2D eigenvalue weighted by Gasteiger charge is 2.54. The Hall–Kier alpha value is -1.71. The molecule has 5 aliphatic carbocycles. The summed E-state index contributed by atoms with van der Waals surface area (Å²) in [6.07, 6.45) is 7.86. The quantitative estimate of drug-likeness (QED) is 0.601. The minimum Gasteiger partial charge on any atom is -0.458 e. The molecule has 1 atom stereocenters. The molecule has 4 bridgehead atoms. The molecule has 132 valence electrons. The van der Waals surface area contributed by atoms with Crippen LogP contribution in [0.2, 0.25) is 0 Å². The van der Waals surface area contributed by atoms with Crippen LogP contribution >= 0.6 is 0 Å². The number of hydrogen-bond acceptors (Lipinski definition) is 3.